The van der Waals surface area contributed by atoms with Crippen molar-refractivity contribution in [1.29, 1.82) is 0 Å². The van der Waals surface area contributed by atoms with Gasteiger partial charge in [-0.1, -0.05) is 100.0 Å². The first-order chi connectivity index (χ1) is 17.8. The zero-order chi connectivity index (χ0) is 26.3. The maximum absolute atomic E-state index is 12.7. The van der Waals surface area contributed by atoms with Crippen LogP contribution in [0.25, 0.3) is 5.57 Å². The zero-order valence-electron chi connectivity index (χ0n) is 22.9. The van der Waals surface area contributed by atoms with Gasteiger partial charge in [0.25, 0.3) is 0 Å². The molecular weight excluding hydrogens is 454 g/mol. The summed E-state index contributed by atoms with van der Waals surface area (Å²) in [5.74, 6) is 1.15. The average molecular weight is 496 g/mol. The van der Waals surface area contributed by atoms with Crippen molar-refractivity contribution in [1.82, 2.24) is 4.90 Å². The third-order valence-electron chi connectivity index (χ3n) is 7.28. The second kappa shape index (κ2) is 12.3. The van der Waals surface area contributed by atoms with Crippen molar-refractivity contribution < 1.29 is 9.53 Å². The normalized spacial score (nSPS) is 13.9. The molecule has 3 nitrogen and oxygen atoms in total. The molecule has 0 saturated heterocycles. The van der Waals surface area contributed by atoms with Gasteiger partial charge in [-0.15, -0.1) is 0 Å². The quantitative estimate of drug-likeness (QED) is 0.282. The molecule has 3 heteroatoms. The minimum Gasteiger partial charge on any atom is -0.488 e. The van der Waals surface area contributed by atoms with Crippen LogP contribution in [-0.2, 0) is 23.2 Å². The Hall–Kier alpha value is -3.33. The molecule has 0 saturated carbocycles. The van der Waals surface area contributed by atoms with Gasteiger partial charge < -0.3 is 9.64 Å². The third kappa shape index (κ3) is 7.13. The van der Waals surface area contributed by atoms with Crippen LogP contribution in [-0.4, -0.2) is 24.4 Å². The minimum atomic E-state index is 0.195. The first-order valence-electron chi connectivity index (χ1n) is 13.7. The number of unbranched alkanes of at least 4 members (excludes halogenated alkanes) is 2. The Labute approximate surface area is 223 Å². The molecule has 0 atom stereocenters. The number of hydrogen-bond acceptors (Lipinski definition) is 2. The van der Waals surface area contributed by atoms with E-state index in [4.69, 9.17) is 4.74 Å². The number of fused-ring (bicyclic) bond motifs is 2. The summed E-state index contributed by atoms with van der Waals surface area (Å²) in [7, 11) is 1.93. The molecule has 0 N–H and O–H groups in total. The molecule has 37 heavy (non-hydrogen) atoms. The van der Waals surface area contributed by atoms with E-state index in [1.54, 1.807) is 0 Å². The molecule has 0 aromatic heterocycles. The van der Waals surface area contributed by atoms with Gasteiger partial charge in [0.05, 0.1) is 0 Å². The molecule has 0 bridgehead atoms. The highest BCUT2D eigenvalue weighted by atomic mass is 16.5. The molecular formula is C34H41NO2. The molecule has 1 amide bonds. The number of carbonyl (C=O) groups is 1. The maximum atomic E-state index is 12.7. The second-order valence-corrected chi connectivity index (χ2v) is 11.2. The van der Waals surface area contributed by atoms with Gasteiger partial charge >= 0.3 is 0 Å². The van der Waals surface area contributed by atoms with Crippen molar-refractivity contribution in [3.63, 3.8) is 0 Å². The summed E-state index contributed by atoms with van der Waals surface area (Å²) in [5.41, 5.74) is 7.68. The van der Waals surface area contributed by atoms with Crippen LogP contribution in [0.4, 0.5) is 0 Å². The fourth-order valence-electron chi connectivity index (χ4n) is 4.92. The molecule has 0 unspecified atom stereocenters. The third-order valence-corrected chi connectivity index (χ3v) is 7.28. The lowest BCUT2D eigenvalue weighted by Crippen LogP contribution is -2.27. The summed E-state index contributed by atoms with van der Waals surface area (Å²) >= 11 is 0. The van der Waals surface area contributed by atoms with Crippen molar-refractivity contribution >= 4 is 11.5 Å². The largest absolute Gasteiger partial charge is 0.488 e. The number of para-hydroxylation sites is 1. The molecule has 3 aromatic rings. The summed E-state index contributed by atoms with van der Waals surface area (Å²) in [6.07, 6.45) is 7.93. The molecule has 4 rings (SSSR count). The van der Waals surface area contributed by atoms with Gasteiger partial charge in [0.15, 0.2) is 0 Å². The summed E-state index contributed by atoms with van der Waals surface area (Å²) in [5, 5.41) is 0. The molecule has 1 aliphatic heterocycles. The number of benzene rings is 3. The summed E-state index contributed by atoms with van der Waals surface area (Å²) < 4.78 is 6.08. The highest BCUT2D eigenvalue weighted by Crippen LogP contribution is 2.36. The smallest absolute Gasteiger partial charge is 0.222 e. The number of rotatable bonds is 9. The van der Waals surface area contributed by atoms with Crippen LogP contribution in [0.3, 0.4) is 0 Å². The Bertz CT molecular complexity index is 1170. The Morgan fingerprint density at radius 2 is 1.59 bits per heavy atom. The lowest BCUT2D eigenvalue weighted by atomic mass is 9.86. The van der Waals surface area contributed by atoms with Gasteiger partial charge in [-0.2, -0.15) is 0 Å². The number of aryl methyl sites for hydroxylation is 1. The van der Waals surface area contributed by atoms with Crippen molar-refractivity contribution in [2.24, 2.45) is 0 Å². The first kappa shape index (κ1) is 26.7. The van der Waals surface area contributed by atoms with Gasteiger partial charge in [-0.05, 0) is 65.0 Å². The number of amides is 1. The van der Waals surface area contributed by atoms with Gasteiger partial charge in [0, 0.05) is 25.6 Å². The standard InChI is InChI=1S/C34H41NO2/c1-34(2,3)28-22-20-26(21-23-28)13-6-5-7-19-33(36)35(4)24-12-17-30-29-15-9-8-14-27(29)25-37-32-18-11-10-16-31(30)32/h8-11,14-18,20-23H,5-7,12-13,19,24-25H2,1-4H3/b30-17-. The molecule has 0 fully saturated rings. The average Bonchev–Trinajstić information content (AvgIpc) is 3.05. The van der Waals surface area contributed by atoms with Crippen LogP contribution in [0.15, 0.2) is 78.9 Å². The monoisotopic (exact) mass is 495 g/mol. The van der Waals surface area contributed by atoms with E-state index < -0.39 is 0 Å². The van der Waals surface area contributed by atoms with E-state index >= 15 is 0 Å². The lowest BCUT2D eigenvalue weighted by Gasteiger charge is -2.19. The van der Waals surface area contributed by atoms with E-state index in [9.17, 15) is 4.79 Å². The van der Waals surface area contributed by atoms with Crippen LogP contribution < -0.4 is 4.74 Å². The van der Waals surface area contributed by atoms with E-state index in [0.29, 0.717) is 19.6 Å². The Morgan fingerprint density at radius 1 is 0.892 bits per heavy atom. The van der Waals surface area contributed by atoms with E-state index in [1.165, 1.54) is 27.8 Å². The Balaban J connectivity index is 1.24. The van der Waals surface area contributed by atoms with Crippen LogP contribution >= 0.6 is 0 Å². The molecule has 1 heterocycles. The molecule has 1 aliphatic rings. The number of nitrogens with zero attached hydrogens (tertiary/aromatic N) is 1. The summed E-state index contributed by atoms with van der Waals surface area (Å²) in [4.78, 5) is 14.6. The van der Waals surface area contributed by atoms with E-state index in [1.807, 2.05) is 24.1 Å². The predicted molar refractivity (Wildman–Crippen MR) is 154 cm³/mol. The van der Waals surface area contributed by atoms with Crippen LogP contribution in [0.5, 0.6) is 5.75 Å². The van der Waals surface area contributed by atoms with Crippen molar-refractivity contribution in [3.05, 3.63) is 107 Å². The van der Waals surface area contributed by atoms with Crippen LogP contribution in [0.1, 0.15) is 80.7 Å². The molecule has 194 valence electrons. The first-order valence-corrected chi connectivity index (χ1v) is 13.7. The fraction of sp³-hybridized carbons (Fsp3) is 0.382. The van der Waals surface area contributed by atoms with E-state index in [-0.39, 0.29) is 11.3 Å². The van der Waals surface area contributed by atoms with Crippen LogP contribution in [0.2, 0.25) is 0 Å². The van der Waals surface area contributed by atoms with Gasteiger partial charge in [-0.25, -0.2) is 0 Å². The highest BCUT2D eigenvalue weighted by molar-refractivity contribution is 5.85. The predicted octanol–water partition coefficient (Wildman–Crippen LogP) is 7.96. The van der Waals surface area contributed by atoms with Crippen molar-refractivity contribution in [2.75, 3.05) is 13.6 Å². The van der Waals surface area contributed by atoms with Crippen LogP contribution in [0, 0.1) is 0 Å². The maximum Gasteiger partial charge on any atom is 0.222 e. The van der Waals surface area contributed by atoms with Gasteiger partial charge in [-0.3, -0.25) is 4.79 Å². The van der Waals surface area contributed by atoms with E-state index in [0.717, 1.165) is 43.4 Å². The Kier molecular flexibility index (Phi) is 8.87. The highest BCUT2D eigenvalue weighted by Gasteiger charge is 2.18. The summed E-state index contributed by atoms with van der Waals surface area (Å²) in [6.45, 7) is 8.03. The topological polar surface area (TPSA) is 29.5 Å². The fourth-order valence-corrected chi connectivity index (χ4v) is 4.92. The zero-order valence-corrected chi connectivity index (χ0v) is 22.9. The molecule has 0 spiro atoms. The van der Waals surface area contributed by atoms with E-state index in [2.05, 4.69) is 87.5 Å². The lowest BCUT2D eigenvalue weighted by molar-refractivity contribution is -0.129. The SMILES string of the molecule is CN(CC/C=C1/c2ccccc2COc2ccccc21)C(=O)CCCCCc1ccc(C(C)(C)C)cc1. The van der Waals surface area contributed by atoms with Gasteiger partial charge in [0.1, 0.15) is 12.4 Å². The number of ether oxygens (including phenoxy) is 1. The number of hydrogen-bond donors (Lipinski definition) is 0. The van der Waals surface area contributed by atoms with Gasteiger partial charge in [0.2, 0.25) is 5.91 Å². The molecule has 3 aromatic carbocycles. The molecule has 0 radical (unpaired) electrons. The Morgan fingerprint density at radius 3 is 2.35 bits per heavy atom. The number of carbonyl (C=O) groups excluding carboxylic acids is 1. The minimum absolute atomic E-state index is 0.195. The second-order valence-electron chi connectivity index (χ2n) is 11.2. The summed E-state index contributed by atoms with van der Waals surface area (Å²) in [6, 6.07) is 25.7. The van der Waals surface area contributed by atoms with Crippen molar-refractivity contribution in [3.8, 4) is 5.75 Å². The molecule has 0 aliphatic carbocycles. The van der Waals surface area contributed by atoms with Crippen molar-refractivity contribution in [2.45, 2.75) is 71.3 Å².